The van der Waals surface area contributed by atoms with Gasteiger partial charge in [-0.1, -0.05) is 5.16 Å². The Balaban J connectivity index is 1.91. The fourth-order valence-electron chi connectivity index (χ4n) is 1.36. The second-order valence-corrected chi connectivity index (χ2v) is 4.52. The maximum absolute atomic E-state index is 11.8. The number of amides is 2. The summed E-state index contributed by atoms with van der Waals surface area (Å²) in [7, 11) is 1.74. The zero-order valence-corrected chi connectivity index (χ0v) is 10.5. The van der Waals surface area contributed by atoms with Crippen molar-refractivity contribution >= 4 is 23.2 Å². The summed E-state index contributed by atoms with van der Waals surface area (Å²) >= 11 is 1.61. The highest BCUT2D eigenvalue weighted by molar-refractivity contribution is 7.07. The molecule has 90 valence electrons. The summed E-state index contributed by atoms with van der Waals surface area (Å²) in [5.41, 5.74) is 1.11. The number of hydrogen-bond acceptors (Lipinski definition) is 4. The van der Waals surface area contributed by atoms with Crippen molar-refractivity contribution in [2.75, 3.05) is 12.4 Å². The van der Waals surface area contributed by atoms with Crippen LogP contribution in [0.25, 0.3) is 0 Å². The van der Waals surface area contributed by atoms with Crippen LogP contribution < -0.4 is 5.32 Å². The lowest BCUT2D eigenvalue weighted by Crippen LogP contribution is -2.30. The van der Waals surface area contributed by atoms with Crippen molar-refractivity contribution in [2.45, 2.75) is 13.5 Å². The molecule has 6 heteroatoms. The van der Waals surface area contributed by atoms with Gasteiger partial charge in [-0.05, 0) is 29.3 Å². The molecule has 0 saturated heterocycles. The number of hydrogen-bond donors (Lipinski definition) is 1. The summed E-state index contributed by atoms with van der Waals surface area (Å²) in [5, 5.41) is 10.4. The molecule has 2 rings (SSSR count). The van der Waals surface area contributed by atoms with E-state index in [0.29, 0.717) is 18.1 Å². The van der Waals surface area contributed by atoms with Crippen LogP contribution >= 0.6 is 11.3 Å². The predicted octanol–water partition coefficient (Wildman–Crippen LogP) is 2.71. The molecule has 0 saturated carbocycles. The highest BCUT2D eigenvalue weighted by atomic mass is 32.1. The van der Waals surface area contributed by atoms with Gasteiger partial charge in [-0.15, -0.1) is 0 Å². The van der Waals surface area contributed by atoms with Crippen LogP contribution in [-0.2, 0) is 6.54 Å². The predicted molar refractivity (Wildman–Crippen MR) is 66.0 cm³/mol. The summed E-state index contributed by atoms with van der Waals surface area (Å²) in [6, 6.07) is 3.47. The highest BCUT2D eigenvalue weighted by Gasteiger charge is 2.11. The fourth-order valence-corrected chi connectivity index (χ4v) is 2.02. The van der Waals surface area contributed by atoms with Crippen molar-refractivity contribution in [3.05, 3.63) is 34.2 Å². The first-order valence-corrected chi connectivity index (χ1v) is 6.06. The molecule has 0 bridgehead atoms. The first-order chi connectivity index (χ1) is 8.15. The molecular weight excluding hydrogens is 238 g/mol. The van der Waals surface area contributed by atoms with Gasteiger partial charge in [0.15, 0.2) is 5.82 Å². The first kappa shape index (κ1) is 11.7. The molecule has 2 aromatic rings. The van der Waals surface area contributed by atoms with Gasteiger partial charge in [-0.25, -0.2) is 4.79 Å². The van der Waals surface area contributed by atoms with E-state index in [2.05, 4.69) is 10.5 Å². The van der Waals surface area contributed by atoms with Gasteiger partial charge in [-0.2, -0.15) is 11.3 Å². The minimum Gasteiger partial charge on any atom is -0.360 e. The lowest BCUT2D eigenvalue weighted by atomic mass is 10.3. The van der Waals surface area contributed by atoms with E-state index in [4.69, 9.17) is 4.52 Å². The second kappa shape index (κ2) is 5.01. The molecule has 0 aliphatic rings. The molecule has 0 aromatic carbocycles. The third-order valence-corrected chi connectivity index (χ3v) is 2.94. The third-order valence-electron chi connectivity index (χ3n) is 2.21. The minimum absolute atomic E-state index is 0.204. The highest BCUT2D eigenvalue weighted by Crippen LogP contribution is 2.11. The fraction of sp³-hybridized carbons (Fsp3) is 0.273. The number of carbonyl (C=O) groups is 1. The van der Waals surface area contributed by atoms with Crippen LogP contribution in [0.5, 0.6) is 0 Å². The Morgan fingerprint density at radius 1 is 1.65 bits per heavy atom. The SMILES string of the molecule is Cc1cc(NC(=O)N(C)Cc2ccsc2)no1. The topological polar surface area (TPSA) is 58.4 Å². The summed E-state index contributed by atoms with van der Waals surface area (Å²) in [5.74, 6) is 1.10. The monoisotopic (exact) mass is 251 g/mol. The van der Waals surface area contributed by atoms with Crippen molar-refractivity contribution in [3.63, 3.8) is 0 Å². The van der Waals surface area contributed by atoms with Gasteiger partial charge in [0.1, 0.15) is 5.76 Å². The number of urea groups is 1. The Morgan fingerprint density at radius 3 is 3.06 bits per heavy atom. The van der Waals surface area contributed by atoms with E-state index in [1.54, 1.807) is 36.3 Å². The van der Waals surface area contributed by atoms with E-state index in [-0.39, 0.29) is 6.03 Å². The molecular formula is C11H13N3O2S. The Bertz CT molecular complexity index is 493. The number of thiophene rings is 1. The average Bonchev–Trinajstić information content (AvgIpc) is 2.90. The maximum Gasteiger partial charge on any atom is 0.323 e. The zero-order chi connectivity index (χ0) is 12.3. The molecule has 0 aliphatic carbocycles. The van der Waals surface area contributed by atoms with Crippen LogP contribution in [0.1, 0.15) is 11.3 Å². The number of nitrogens with one attached hydrogen (secondary N) is 1. The van der Waals surface area contributed by atoms with Gasteiger partial charge in [0.25, 0.3) is 0 Å². The molecule has 1 N–H and O–H groups in total. The molecule has 17 heavy (non-hydrogen) atoms. The van der Waals surface area contributed by atoms with E-state index in [1.807, 2.05) is 16.8 Å². The quantitative estimate of drug-likeness (QED) is 0.912. The summed E-state index contributed by atoms with van der Waals surface area (Å²) in [6.45, 7) is 2.35. The van der Waals surface area contributed by atoms with Crippen molar-refractivity contribution in [1.82, 2.24) is 10.1 Å². The normalized spacial score (nSPS) is 10.2. The molecule has 0 fully saturated rings. The lowest BCUT2D eigenvalue weighted by Gasteiger charge is -2.15. The zero-order valence-electron chi connectivity index (χ0n) is 9.64. The lowest BCUT2D eigenvalue weighted by molar-refractivity contribution is 0.220. The second-order valence-electron chi connectivity index (χ2n) is 3.74. The Kier molecular flexibility index (Phi) is 3.43. The maximum atomic E-state index is 11.8. The van der Waals surface area contributed by atoms with Gasteiger partial charge < -0.3 is 9.42 Å². The van der Waals surface area contributed by atoms with Crippen molar-refractivity contribution in [3.8, 4) is 0 Å². The van der Waals surface area contributed by atoms with Gasteiger partial charge in [0.2, 0.25) is 0 Å². The van der Waals surface area contributed by atoms with E-state index >= 15 is 0 Å². The number of aryl methyl sites for hydroxylation is 1. The molecule has 0 aliphatic heterocycles. The van der Waals surface area contributed by atoms with Gasteiger partial charge >= 0.3 is 6.03 Å². The number of rotatable bonds is 3. The Hall–Kier alpha value is -1.82. The van der Waals surface area contributed by atoms with E-state index in [1.165, 1.54) is 0 Å². The number of anilines is 1. The summed E-state index contributed by atoms with van der Waals surface area (Å²) < 4.78 is 4.87. The van der Waals surface area contributed by atoms with Crippen molar-refractivity contribution in [1.29, 1.82) is 0 Å². The van der Waals surface area contributed by atoms with Crippen molar-refractivity contribution in [2.24, 2.45) is 0 Å². The molecule has 0 unspecified atom stereocenters. The van der Waals surface area contributed by atoms with E-state index < -0.39 is 0 Å². The molecule has 0 atom stereocenters. The molecule has 0 spiro atoms. The van der Waals surface area contributed by atoms with Crippen LogP contribution in [0.3, 0.4) is 0 Å². The number of carbonyl (C=O) groups excluding carboxylic acids is 1. The average molecular weight is 251 g/mol. The van der Waals surface area contributed by atoms with Crippen LogP contribution in [0.4, 0.5) is 10.6 Å². The summed E-state index contributed by atoms with van der Waals surface area (Å²) in [6.07, 6.45) is 0. The third kappa shape index (κ3) is 3.07. The Morgan fingerprint density at radius 2 is 2.47 bits per heavy atom. The van der Waals surface area contributed by atoms with E-state index in [0.717, 1.165) is 5.56 Å². The van der Waals surface area contributed by atoms with Crippen LogP contribution in [-0.4, -0.2) is 23.1 Å². The van der Waals surface area contributed by atoms with Gasteiger partial charge in [0, 0.05) is 19.7 Å². The molecule has 2 heterocycles. The van der Waals surface area contributed by atoms with Crippen LogP contribution in [0, 0.1) is 6.92 Å². The Labute approximate surface area is 103 Å². The smallest absolute Gasteiger partial charge is 0.323 e. The number of nitrogens with zero attached hydrogens (tertiary/aromatic N) is 2. The number of aromatic nitrogens is 1. The summed E-state index contributed by atoms with van der Waals surface area (Å²) in [4.78, 5) is 13.4. The first-order valence-electron chi connectivity index (χ1n) is 5.11. The minimum atomic E-state index is -0.204. The molecule has 2 aromatic heterocycles. The van der Waals surface area contributed by atoms with E-state index in [9.17, 15) is 4.79 Å². The molecule has 5 nitrogen and oxygen atoms in total. The van der Waals surface area contributed by atoms with Gasteiger partial charge in [-0.3, -0.25) is 5.32 Å². The van der Waals surface area contributed by atoms with Gasteiger partial charge in [0.05, 0.1) is 0 Å². The van der Waals surface area contributed by atoms with Crippen LogP contribution in [0.15, 0.2) is 27.4 Å². The molecule has 0 radical (unpaired) electrons. The largest absolute Gasteiger partial charge is 0.360 e. The van der Waals surface area contributed by atoms with Crippen LogP contribution in [0.2, 0.25) is 0 Å². The molecule has 2 amide bonds. The standard InChI is InChI=1S/C11H13N3O2S/c1-8-5-10(13-16-8)12-11(15)14(2)6-9-3-4-17-7-9/h3-5,7H,6H2,1-2H3,(H,12,13,15). The van der Waals surface area contributed by atoms with Crippen molar-refractivity contribution < 1.29 is 9.32 Å².